The highest BCUT2D eigenvalue weighted by atomic mass is 35.5. The van der Waals surface area contributed by atoms with Crippen LogP contribution >= 0.6 is 12.4 Å². The Bertz CT molecular complexity index is 666. The van der Waals surface area contributed by atoms with Crippen LogP contribution in [0.1, 0.15) is 36.0 Å². The molecule has 0 atom stereocenters. The molecule has 0 unspecified atom stereocenters. The minimum Gasteiger partial charge on any atom is -0.339 e. The van der Waals surface area contributed by atoms with E-state index in [0.29, 0.717) is 31.1 Å². The second kappa shape index (κ2) is 7.82. The molecule has 1 aromatic carbocycles. The van der Waals surface area contributed by atoms with Crippen molar-refractivity contribution in [2.75, 3.05) is 19.6 Å². The standard InChI is InChI=1S/C16H23N3O3S.ClH/c17-11-12-7-9-19(10-8-12)16(20)13-1-5-15(6-2-13)23(21,22)18-14-3-4-14;/h1-2,5-6,12,14,18H,3-4,7-11,17H2;1H. The summed E-state index contributed by atoms with van der Waals surface area (Å²) in [5.74, 6) is 0.458. The zero-order valence-corrected chi connectivity index (χ0v) is 15.1. The average molecular weight is 374 g/mol. The monoisotopic (exact) mass is 373 g/mol. The van der Waals surface area contributed by atoms with E-state index >= 15 is 0 Å². The third-order valence-electron chi connectivity index (χ3n) is 4.55. The normalized spacial score (nSPS) is 19.0. The third kappa shape index (κ3) is 4.47. The molecule has 0 aromatic heterocycles. The number of carbonyl (C=O) groups is 1. The predicted molar refractivity (Wildman–Crippen MR) is 94.7 cm³/mol. The van der Waals surface area contributed by atoms with Gasteiger partial charge in [0.25, 0.3) is 5.91 Å². The average Bonchev–Trinajstić information content (AvgIpc) is 3.38. The van der Waals surface area contributed by atoms with Gasteiger partial charge in [-0.2, -0.15) is 0 Å². The van der Waals surface area contributed by atoms with Crippen LogP contribution in [0.25, 0.3) is 0 Å². The number of likely N-dealkylation sites (tertiary alicyclic amines) is 1. The summed E-state index contributed by atoms with van der Waals surface area (Å²) in [5.41, 5.74) is 6.20. The zero-order chi connectivity index (χ0) is 16.4. The molecule has 1 saturated carbocycles. The highest BCUT2D eigenvalue weighted by Gasteiger charge is 2.28. The Morgan fingerprint density at radius 3 is 2.21 bits per heavy atom. The molecule has 1 amide bonds. The minimum absolute atomic E-state index is 0. The number of hydrogen-bond acceptors (Lipinski definition) is 4. The number of carbonyl (C=O) groups excluding carboxylic acids is 1. The van der Waals surface area contributed by atoms with E-state index in [1.807, 2.05) is 4.90 Å². The van der Waals surface area contributed by atoms with Crippen LogP contribution in [-0.4, -0.2) is 44.9 Å². The van der Waals surface area contributed by atoms with Gasteiger partial charge in [0.05, 0.1) is 4.90 Å². The summed E-state index contributed by atoms with van der Waals surface area (Å²) in [7, 11) is -3.46. The van der Waals surface area contributed by atoms with Crippen LogP contribution < -0.4 is 10.5 Å². The summed E-state index contributed by atoms with van der Waals surface area (Å²) in [6.07, 6.45) is 3.66. The van der Waals surface area contributed by atoms with Gasteiger partial charge in [0, 0.05) is 24.7 Å². The van der Waals surface area contributed by atoms with E-state index in [2.05, 4.69) is 4.72 Å². The number of nitrogens with two attached hydrogens (primary N) is 1. The topological polar surface area (TPSA) is 92.5 Å². The van der Waals surface area contributed by atoms with Gasteiger partial charge in [0.2, 0.25) is 10.0 Å². The Morgan fingerprint density at radius 1 is 1.12 bits per heavy atom. The van der Waals surface area contributed by atoms with Crippen molar-refractivity contribution in [1.29, 1.82) is 0 Å². The molecule has 1 aromatic rings. The number of nitrogens with zero attached hydrogens (tertiary/aromatic N) is 1. The molecule has 3 N–H and O–H groups in total. The van der Waals surface area contributed by atoms with E-state index in [-0.39, 0.29) is 29.3 Å². The number of amides is 1. The number of rotatable bonds is 5. The molecule has 1 aliphatic carbocycles. The number of hydrogen-bond donors (Lipinski definition) is 2. The molecule has 134 valence electrons. The van der Waals surface area contributed by atoms with Crippen molar-refractivity contribution < 1.29 is 13.2 Å². The van der Waals surface area contributed by atoms with Gasteiger partial charge in [-0.05, 0) is 62.4 Å². The molecule has 1 saturated heterocycles. The lowest BCUT2D eigenvalue weighted by atomic mass is 9.96. The van der Waals surface area contributed by atoms with Crippen LogP contribution in [0.3, 0.4) is 0 Å². The van der Waals surface area contributed by atoms with E-state index in [1.54, 1.807) is 12.1 Å². The molecule has 0 spiro atoms. The predicted octanol–water partition coefficient (Wildman–Crippen LogP) is 1.36. The van der Waals surface area contributed by atoms with Gasteiger partial charge in [0.1, 0.15) is 0 Å². The number of nitrogens with one attached hydrogen (secondary N) is 1. The number of benzene rings is 1. The maximum Gasteiger partial charge on any atom is 0.253 e. The molecule has 1 heterocycles. The molecule has 0 bridgehead atoms. The Morgan fingerprint density at radius 2 is 1.71 bits per heavy atom. The van der Waals surface area contributed by atoms with Crippen molar-refractivity contribution in [3.8, 4) is 0 Å². The largest absolute Gasteiger partial charge is 0.339 e. The smallest absolute Gasteiger partial charge is 0.253 e. The Kier molecular flexibility index (Phi) is 6.25. The van der Waals surface area contributed by atoms with E-state index < -0.39 is 10.0 Å². The van der Waals surface area contributed by atoms with E-state index in [0.717, 1.165) is 25.7 Å². The molecule has 24 heavy (non-hydrogen) atoms. The van der Waals surface area contributed by atoms with E-state index in [4.69, 9.17) is 5.73 Å². The molecule has 2 aliphatic rings. The lowest BCUT2D eigenvalue weighted by Gasteiger charge is -2.31. The van der Waals surface area contributed by atoms with Gasteiger partial charge in [-0.15, -0.1) is 12.4 Å². The Labute approximate surface area is 149 Å². The second-order valence-electron chi connectivity index (χ2n) is 6.39. The van der Waals surface area contributed by atoms with Crippen LogP contribution in [0.5, 0.6) is 0 Å². The first-order valence-corrected chi connectivity index (χ1v) is 9.59. The van der Waals surface area contributed by atoms with E-state index in [9.17, 15) is 13.2 Å². The van der Waals surface area contributed by atoms with Crippen molar-refractivity contribution in [2.24, 2.45) is 11.7 Å². The van der Waals surface area contributed by atoms with Crippen molar-refractivity contribution in [3.05, 3.63) is 29.8 Å². The first-order chi connectivity index (χ1) is 11.0. The van der Waals surface area contributed by atoms with Crippen LogP contribution in [0.2, 0.25) is 0 Å². The van der Waals surface area contributed by atoms with Crippen LogP contribution in [0.15, 0.2) is 29.2 Å². The number of halogens is 1. The molecular formula is C16H24ClN3O3S. The maximum absolute atomic E-state index is 12.5. The van der Waals surface area contributed by atoms with Crippen molar-refractivity contribution in [1.82, 2.24) is 9.62 Å². The first kappa shape index (κ1) is 19.2. The lowest BCUT2D eigenvalue weighted by Crippen LogP contribution is -2.40. The molecule has 2 fully saturated rings. The van der Waals surface area contributed by atoms with Crippen molar-refractivity contribution in [3.63, 3.8) is 0 Å². The summed E-state index contributed by atoms with van der Waals surface area (Å²) in [5, 5.41) is 0. The number of piperidine rings is 1. The molecule has 6 nitrogen and oxygen atoms in total. The van der Waals surface area contributed by atoms with Crippen LogP contribution in [-0.2, 0) is 10.0 Å². The summed E-state index contributed by atoms with van der Waals surface area (Å²) >= 11 is 0. The highest BCUT2D eigenvalue weighted by Crippen LogP contribution is 2.23. The fraction of sp³-hybridized carbons (Fsp3) is 0.562. The SMILES string of the molecule is Cl.NCC1CCN(C(=O)c2ccc(S(=O)(=O)NC3CC3)cc2)CC1. The fourth-order valence-electron chi connectivity index (χ4n) is 2.82. The molecule has 8 heteroatoms. The van der Waals surface area contributed by atoms with Gasteiger partial charge in [-0.3, -0.25) is 4.79 Å². The Hall–Kier alpha value is -1.15. The lowest BCUT2D eigenvalue weighted by molar-refractivity contribution is 0.0693. The quantitative estimate of drug-likeness (QED) is 0.815. The third-order valence-corrected chi connectivity index (χ3v) is 6.08. The highest BCUT2D eigenvalue weighted by molar-refractivity contribution is 7.89. The summed E-state index contributed by atoms with van der Waals surface area (Å²) < 4.78 is 26.9. The fourth-order valence-corrected chi connectivity index (χ4v) is 4.12. The minimum atomic E-state index is -3.46. The first-order valence-electron chi connectivity index (χ1n) is 8.11. The van der Waals surface area contributed by atoms with Gasteiger partial charge < -0.3 is 10.6 Å². The van der Waals surface area contributed by atoms with Gasteiger partial charge in [0.15, 0.2) is 0 Å². The van der Waals surface area contributed by atoms with Crippen molar-refractivity contribution in [2.45, 2.75) is 36.6 Å². The Balaban J connectivity index is 0.00000208. The summed E-state index contributed by atoms with van der Waals surface area (Å²) in [6, 6.07) is 6.28. The van der Waals surface area contributed by atoms with Gasteiger partial charge >= 0.3 is 0 Å². The van der Waals surface area contributed by atoms with E-state index in [1.165, 1.54) is 12.1 Å². The van der Waals surface area contributed by atoms with Gasteiger partial charge in [-0.25, -0.2) is 13.1 Å². The van der Waals surface area contributed by atoms with Gasteiger partial charge in [-0.1, -0.05) is 0 Å². The second-order valence-corrected chi connectivity index (χ2v) is 8.11. The molecule has 0 radical (unpaired) electrons. The zero-order valence-electron chi connectivity index (χ0n) is 13.5. The molecular weight excluding hydrogens is 350 g/mol. The maximum atomic E-state index is 12.5. The summed E-state index contributed by atoms with van der Waals surface area (Å²) in [6.45, 7) is 2.09. The summed E-state index contributed by atoms with van der Waals surface area (Å²) in [4.78, 5) is 14.5. The van der Waals surface area contributed by atoms with Crippen molar-refractivity contribution >= 4 is 28.3 Å². The van der Waals surface area contributed by atoms with Crippen LogP contribution in [0.4, 0.5) is 0 Å². The molecule has 1 aliphatic heterocycles. The molecule has 3 rings (SSSR count). The number of sulfonamides is 1. The van der Waals surface area contributed by atoms with Crippen LogP contribution in [0, 0.1) is 5.92 Å².